The third kappa shape index (κ3) is 8.00. The van der Waals surface area contributed by atoms with Crippen LogP contribution in [0.4, 0.5) is 14.5 Å². The second-order valence-corrected chi connectivity index (χ2v) is 11.5. The van der Waals surface area contributed by atoms with Gasteiger partial charge < -0.3 is 19.1 Å². The first-order valence-electron chi connectivity index (χ1n) is 13.7. The smallest absolute Gasteiger partial charge is 0.401 e. The Balaban J connectivity index is 1.62. The van der Waals surface area contributed by atoms with Crippen molar-refractivity contribution in [3.63, 3.8) is 0 Å². The van der Waals surface area contributed by atoms with Crippen molar-refractivity contribution in [2.75, 3.05) is 25.2 Å². The van der Waals surface area contributed by atoms with E-state index in [-0.39, 0.29) is 12.3 Å². The molecule has 1 atom stereocenters. The lowest BCUT2D eigenvalue weighted by molar-refractivity contribution is 0.0466. The molecule has 40 heavy (non-hydrogen) atoms. The van der Waals surface area contributed by atoms with Gasteiger partial charge in [0, 0.05) is 23.9 Å². The minimum absolute atomic E-state index is 0.152. The Labute approximate surface area is 235 Å². The summed E-state index contributed by atoms with van der Waals surface area (Å²) in [5.41, 5.74) is -2.43. The Kier molecular flexibility index (Phi) is 11.4. The molecule has 0 spiro atoms. The van der Waals surface area contributed by atoms with E-state index >= 15 is 0 Å². The van der Waals surface area contributed by atoms with Gasteiger partial charge in [-0.2, -0.15) is 8.78 Å². The molecule has 0 bridgehead atoms. The van der Waals surface area contributed by atoms with E-state index in [2.05, 4.69) is 11.4 Å². The van der Waals surface area contributed by atoms with Crippen LogP contribution in [0.2, 0.25) is 0 Å². The van der Waals surface area contributed by atoms with E-state index in [1.807, 2.05) is 36.4 Å². The zero-order valence-corrected chi connectivity index (χ0v) is 24.2. The first kappa shape index (κ1) is 31.5. The topological polar surface area (TPSA) is 76.1 Å². The van der Waals surface area contributed by atoms with Crippen molar-refractivity contribution in [3.05, 3.63) is 83.9 Å². The molecule has 0 aliphatic carbocycles. The number of hydrogen-bond acceptors (Lipinski definition) is 4. The first-order chi connectivity index (χ1) is 19.1. The van der Waals surface area contributed by atoms with E-state index < -0.39 is 24.7 Å². The predicted octanol–water partition coefficient (Wildman–Crippen LogP) is 8.64. The number of benzene rings is 3. The Hall–Kier alpha value is -3.06. The van der Waals surface area contributed by atoms with Crippen LogP contribution in [0.5, 0.6) is 5.75 Å². The Morgan fingerprint density at radius 3 is 2.12 bits per heavy atom. The van der Waals surface area contributed by atoms with Crippen LogP contribution in [-0.2, 0) is 14.8 Å². The van der Waals surface area contributed by atoms with Crippen molar-refractivity contribution in [1.29, 1.82) is 0 Å². The van der Waals surface area contributed by atoms with Crippen molar-refractivity contribution in [1.82, 2.24) is 0 Å². The molecule has 0 aliphatic heterocycles. The molecular formula is C31H38F2NO5P. The van der Waals surface area contributed by atoms with Gasteiger partial charge in [0.15, 0.2) is 0 Å². The summed E-state index contributed by atoms with van der Waals surface area (Å²) in [6.45, 7) is 3.92. The van der Waals surface area contributed by atoms with Crippen LogP contribution in [0, 0.1) is 0 Å². The van der Waals surface area contributed by atoms with Crippen molar-refractivity contribution in [2.45, 2.75) is 58.0 Å². The van der Waals surface area contributed by atoms with Crippen LogP contribution in [0.1, 0.15) is 68.3 Å². The van der Waals surface area contributed by atoms with E-state index in [4.69, 9.17) is 4.74 Å². The molecule has 0 fully saturated rings. The average molecular weight is 574 g/mol. The van der Waals surface area contributed by atoms with Crippen molar-refractivity contribution in [2.24, 2.45) is 0 Å². The maximum Gasteiger partial charge on any atom is 0.401 e. The van der Waals surface area contributed by atoms with Gasteiger partial charge in [-0.25, -0.2) is 0 Å². The SMILES string of the molecule is CCCCCCCCOc1ccc(-c2ccc(C(=O)N(C)c3cccc(C(F)(F)P(=O)(O)OCC)c3)cc2)cc1. The molecule has 0 aliphatic rings. The van der Waals surface area contributed by atoms with Gasteiger partial charge in [-0.3, -0.25) is 9.36 Å². The first-order valence-corrected chi connectivity index (χ1v) is 15.3. The number of carbonyl (C=O) groups excluding carboxylic acids is 1. The maximum atomic E-state index is 14.7. The lowest BCUT2D eigenvalue weighted by Crippen LogP contribution is -2.26. The fourth-order valence-electron chi connectivity index (χ4n) is 4.25. The molecule has 0 aromatic heterocycles. The van der Waals surface area contributed by atoms with Crippen LogP contribution < -0.4 is 9.64 Å². The maximum absolute atomic E-state index is 14.7. The van der Waals surface area contributed by atoms with E-state index in [0.29, 0.717) is 12.2 Å². The summed E-state index contributed by atoms with van der Waals surface area (Å²) in [5.74, 6) is 0.403. The average Bonchev–Trinajstić information content (AvgIpc) is 2.96. The Morgan fingerprint density at radius 2 is 1.50 bits per heavy atom. The molecule has 216 valence electrons. The monoisotopic (exact) mass is 573 g/mol. The summed E-state index contributed by atoms with van der Waals surface area (Å²) in [6.07, 6.45) is 7.27. The van der Waals surface area contributed by atoms with Gasteiger partial charge in [-0.1, -0.05) is 75.4 Å². The van der Waals surface area contributed by atoms with Gasteiger partial charge in [0.1, 0.15) is 5.75 Å². The molecule has 3 aromatic rings. The van der Waals surface area contributed by atoms with Crippen molar-refractivity contribution in [3.8, 4) is 16.9 Å². The number of rotatable bonds is 15. The van der Waals surface area contributed by atoms with Gasteiger partial charge in [0.25, 0.3) is 5.91 Å². The van der Waals surface area contributed by atoms with Crippen LogP contribution in [0.25, 0.3) is 11.1 Å². The highest BCUT2D eigenvalue weighted by Gasteiger charge is 2.52. The highest BCUT2D eigenvalue weighted by molar-refractivity contribution is 7.53. The number of amides is 1. The normalized spacial score (nSPS) is 13.1. The summed E-state index contributed by atoms with van der Waals surface area (Å²) in [6, 6.07) is 19.6. The van der Waals surface area contributed by atoms with E-state index in [0.717, 1.165) is 35.4 Å². The van der Waals surface area contributed by atoms with E-state index in [9.17, 15) is 23.0 Å². The Bertz CT molecular complexity index is 1280. The number of ether oxygens (including phenoxy) is 1. The molecule has 0 heterocycles. The molecule has 0 saturated carbocycles. The molecule has 1 amide bonds. The molecular weight excluding hydrogens is 535 g/mol. The Morgan fingerprint density at radius 1 is 0.900 bits per heavy atom. The van der Waals surface area contributed by atoms with Gasteiger partial charge in [-0.15, -0.1) is 0 Å². The van der Waals surface area contributed by atoms with Crippen LogP contribution in [-0.4, -0.2) is 31.1 Å². The summed E-state index contributed by atoms with van der Waals surface area (Å²) in [7, 11) is -3.79. The third-order valence-corrected chi connectivity index (χ3v) is 8.21. The molecule has 9 heteroatoms. The number of halogens is 2. The third-order valence-electron chi connectivity index (χ3n) is 6.63. The van der Waals surface area contributed by atoms with E-state index in [1.165, 1.54) is 63.1 Å². The molecule has 3 rings (SSSR count). The number of alkyl halides is 2. The van der Waals surface area contributed by atoms with Crippen LogP contribution in [0.3, 0.4) is 0 Å². The number of anilines is 1. The van der Waals surface area contributed by atoms with Crippen molar-refractivity contribution < 1.29 is 32.3 Å². The summed E-state index contributed by atoms with van der Waals surface area (Å²) in [5, 5.41) is 0. The lowest BCUT2D eigenvalue weighted by atomic mass is 10.0. The lowest BCUT2D eigenvalue weighted by Gasteiger charge is -2.24. The van der Waals surface area contributed by atoms with Crippen LogP contribution >= 0.6 is 7.60 Å². The molecule has 0 saturated heterocycles. The van der Waals surface area contributed by atoms with Gasteiger partial charge in [-0.05, 0) is 60.9 Å². The number of carbonyl (C=O) groups is 1. The standard InChI is InChI=1S/C31H38F2NO5P/c1-4-6-7-8-9-10-22-38-29-20-18-25(19-21-29)24-14-16-26(17-15-24)30(35)34(3)28-13-11-12-27(23-28)31(32,33)40(36,37)39-5-2/h11-21,23H,4-10,22H2,1-3H3,(H,36,37). The van der Waals surface area contributed by atoms with Gasteiger partial charge in [0.05, 0.1) is 13.2 Å². The second-order valence-electron chi connectivity index (χ2n) is 9.61. The summed E-state index contributed by atoms with van der Waals surface area (Å²) >= 11 is 0. The minimum Gasteiger partial charge on any atom is -0.494 e. The molecule has 6 nitrogen and oxygen atoms in total. The fourth-order valence-corrected chi connectivity index (χ4v) is 5.23. The summed E-state index contributed by atoms with van der Waals surface area (Å²) in [4.78, 5) is 24.0. The van der Waals surface area contributed by atoms with Crippen molar-refractivity contribution >= 4 is 19.2 Å². The number of hydrogen-bond donors (Lipinski definition) is 1. The minimum atomic E-state index is -5.24. The second kappa shape index (κ2) is 14.5. The molecule has 1 unspecified atom stereocenters. The highest BCUT2D eigenvalue weighted by Crippen LogP contribution is 2.63. The summed E-state index contributed by atoms with van der Waals surface area (Å²) < 4.78 is 51.7. The quantitative estimate of drug-likeness (QED) is 0.145. The predicted molar refractivity (Wildman–Crippen MR) is 155 cm³/mol. The van der Waals surface area contributed by atoms with Crippen LogP contribution in [0.15, 0.2) is 72.8 Å². The largest absolute Gasteiger partial charge is 0.494 e. The number of nitrogens with zero attached hydrogens (tertiary/aromatic N) is 1. The van der Waals surface area contributed by atoms with Gasteiger partial charge in [0.2, 0.25) is 0 Å². The molecule has 0 radical (unpaired) electrons. The highest BCUT2D eigenvalue weighted by atomic mass is 31.2. The van der Waals surface area contributed by atoms with E-state index in [1.54, 1.807) is 12.1 Å². The molecule has 3 aromatic carbocycles. The molecule has 1 N–H and O–H groups in total. The zero-order valence-electron chi connectivity index (χ0n) is 23.3. The fraction of sp³-hybridized carbons (Fsp3) is 0.387. The van der Waals surface area contributed by atoms with Gasteiger partial charge >= 0.3 is 13.3 Å². The number of unbranched alkanes of at least 4 members (excludes halogenated alkanes) is 5. The zero-order chi connectivity index (χ0) is 29.2.